The zero-order valence-electron chi connectivity index (χ0n) is 15.8. The summed E-state index contributed by atoms with van der Waals surface area (Å²) in [5, 5.41) is 2.99. The number of rotatable bonds is 6. The van der Waals surface area contributed by atoms with Gasteiger partial charge in [-0.25, -0.2) is 4.79 Å². The van der Waals surface area contributed by atoms with Crippen molar-refractivity contribution in [3.05, 3.63) is 34.8 Å². The highest BCUT2D eigenvalue weighted by atomic mass is 16.5. The molecule has 1 N–H and O–H groups in total. The summed E-state index contributed by atoms with van der Waals surface area (Å²) in [6.45, 7) is 3.84. The highest BCUT2D eigenvalue weighted by molar-refractivity contribution is 5.83. The van der Waals surface area contributed by atoms with Crippen LogP contribution in [0.15, 0.2) is 33.5 Å². The highest BCUT2D eigenvalue weighted by Gasteiger charge is 2.26. The van der Waals surface area contributed by atoms with Crippen molar-refractivity contribution in [2.75, 3.05) is 0 Å². The Bertz CT molecular complexity index is 869. The largest absolute Gasteiger partial charge is 0.452 e. The molecule has 1 aliphatic rings. The Kier molecular flexibility index (Phi) is 5.98. The first-order valence-electron chi connectivity index (χ1n) is 9.54. The molecule has 3 rings (SSSR count). The SMILES string of the molecule is C[C@@H](OC(=O)CCn1c(=O)oc2ccccc21)C(=O)N[C@H]1CCCC[C@@H]1C. The van der Waals surface area contributed by atoms with Crippen LogP contribution in [0.3, 0.4) is 0 Å². The van der Waals surface area contributed by atoms with Gasteiger partial charge in [-0.05, 0) is 37.8 Å². The van der Waals surface area contributed by atoms with Crippen LogP contribution in [-0.4, -0.2) is 28.6 Å². The predicted octanol–water partition coefficient (Wildman–Crippen LogP) is 2.61. The Morgan fingerprint density at radius 3 is 2.81 bits per heavy atom. The zero-order chi connectivity index (χ0) is 19.4. The average molecular weight is 374 g/mol. The first-order valence-corrected chi connectivity index (χ1v) is 9.54. The molecule has 146 valence electrons. The smallest absolute Gasteiger partial charge is 0.419 e. The Morgan fingerprint density at radius 2 is 2.04 bits per heavy atom. The van der Waals surface area contributed by atoms with Gasteiger partial charge in [0.05, 0.1) is 11.9 Å². The third-order valence-corrected chi connectivity index (χ3v) is 5.23. The third-order valence-electron chi connectivity index (χ3n) is 5.23. The van der Waals surface area contributed by atoms with Crippen LogP contribution in [-0.2, 0) is 20.9 Å². The molecule has 1 saturated carbocycles. The minimum absolute atomic E-state index is 0.0130. The monoisotopic (exact) mass is 374 g/mol. The van der Waals surface area contributed by atoms with E-state index in [0.717, 1.165) is 19.3 Å². The molecular formula is C20H26N2O5. The van der Waals surface area contributed by atoms with E-state index in [1.54, 1.807) is 31.2 Å². The van der Waals surface area contributed by atoms with E-state index in [2.05, 4.69) is 12.2 Å². The summed E-state index contributed by atoms with van der Waals surface area (Å²) in [7, 11) is 0. The van der Waals surface area contributed by atoms with E-state index >= 15 is 0 Å². The van der Waals surface area contributed by atoms with Crippen LogP contribution in [0, 0.1) is 5.92 Å². The number of nitrogens with one attached hydrogen (secondary N) is 1. The van der Waals surface area contributed by atoms with Gasteiger partial charge in [-0.2, -0.15) is 0 Å². The van der Waals surface area contributed by atoms with Crippen molar-refractivity contribution in [3.63, 3.8) is 0 Å². The van der Waals surface area contributed by atoms with Gasteiger partial charge in [0, 0.05) is 12.6 Å². The molecule has 0 aliphatic heterocycles. The van der Waals surface area contributed by atoms with Crippen molar-refractivity contribution in [1.82, 2.24) is 9.88 Å². The van der Waals surface area contributed by atoms with Crippen LogP contribution in [0.4, 0.5) is 0 Å². The second kappa shape index (κ2) is 8.41. The maximum absolute atomic E-state index is 12.3. The molecule has 1 fully saturated rings. The molecule has 3 atom stereocenters. The number of amides is 1. The second-order valence-corrected chi connectivity index (χ2v) is 7.25. The minimum Gasteiger partial charge on any atom is -0.452 e. The molecule has 1 aliphatic carbocycles. The first kappa shape index (κ1) is 19.2. The summed E-state index contributed by atoms with van der Waals surface area (Å²) in [4.78, 5) is 36.3. The van der Waals surface area contributed by atoms with Crippen molar-refractivity contribution >= 4 is 23.0 Å². The molecule has 1 aromatic heterocycles. The van der Waals surface area contributed by atoms with E-state index < -0.39 is 17.8 Å². The van der Waals surface area contributed by atoms with E-state index in [-0.39, 0.29) is 24.9 Å². The number of ether oxygens (including phenoxy) is 1. The molecule has 0 saturated heterocycles. The summed E-state index contributed by atoms with van der Waals surface area (Å²) in [5.41, 5.74) is 1.11. The van der Waals surface area contributed by atoms with Crippen LogP contribution in [0.5, 0.6) is 0 Å². The van der Waals surface area contributed by atoms with Crippen LogP contribution < -0.4 is 11.1 Å². The Labute approximate surface area is 157 Å². The summed E-state index contributed by atoms with van der Waals surface area (Å²) in [6.07, 6.45) is 3.50. The van der Waals surface area contributed by atoms with Crippen LogP contribution >= 0.6 is 0 Å². The molecule has 1 aromatic carbocycles. The van der Waals surface area contributed by atoms with Gasteiger partial charge in [0.2, 0.25) is 0 Å². The number of carbonyl (C=O) groups excluding carboxylic acids is 2. The van der Waals surface area contributed by atoms with E-state index in [1.807, 2.05) is 0 Å². The molecule has 0 radical (unpaired) electrons. The minimum atomic E-state index is -0.857. The van der Waals surface area contributed by atoms with Gasteiger partial charge in [-0.15, -0.1) is 0 Å². The number of fused-ring (bicyclic) bond motifs is 1. The molecule has 0 unspecified atom stereocenters. The predicted molar refractivity (Wildman–Crippen MR) is 100 cm³/mol. The molecule has 27 heavy (non-hydrogen) atoms. The van der Waals surface area contributed by atoms with E-state index in [0.29, 0.717) is 17.0 Å². The van der Waals surface area contributed by atoms with Crippen LogP contribution in [0.25, 0.3) is 11.1 Å². The highest BCUT2D eigenvalue weighted by Crippen LogP contribution is 2.23. The number of oxazole rings is 1. The van der Waals surface area contributed by atoms with Gasteiger partial charge in [-0.1, -0.05) is 31.9 Å². The molecular weight excluding hydrogens is 348 g/mol. The van der Waals surface area contributed by atoms with Crippen LogP contribution in [0.1, 0.15) is 46.0 Å². The maximum atomic E-state index is 12.3. The van der Waals surface area contributed by atoms with Gasteiger partial charge >= 0.3 is 11.7 Å². The number of esters is 1. The number of aryl methyl sites for hydroxylation is 1. The fraction of sp³-hybridized carbons (Fsp3) is 0.550. The first-order chi connectivity index (χ1) is 13.0. The Hall–Kier alpha value is -2.57. The lowest BCUT2D eigenvalue weighted by atomic mass is 9.86. The molecule has 2 aromatic rings. The lowest BCUT2D eigenvalue weighted by Gasteiger charge is -2.30. The lowest BCUT2D eigenvalue weighted by molar-refractivity contribution is -0.155. The number of hydrogen-bond donors (Lipinski definition) is 1. The van der Waals surface area contributed by atoms with Gasteiger partial charge in [0.15, 0.2) is 11.7 Å². The molecule has 0 bridgehead atoms. The number of nitrogens with zero attached hydrogens (tertiary/aromatic N) is 1. The quantitative estimate of drug-likeness (QED) is 0.785. The number of hydrogen-bond acceptors (Lipinski definition) is 5. The standard InChI is InChI=1S/C20H26N2O5/c1-13-7-3-4-8-15(13)21-19(24)14(2)26-18(23)11-12-22-16-9-5-6-10-17(16)27-20(22)25/h5-6,9-10,13-15H,3-4,7-8,11-12H2,1-2H3,(H,21,24)/t13-,14+,15-/m0/s1. The number of carbonyl (C=O) groups is 2. The van der Waals surface area contributed by atoms with Crippen molar-refractivity contribution in [1.29, 1.82) is 0 Å². The van der Waals surface area contributed by atoms with E-state index in [9.17, 15) is 14.4 Å². The molecule has 0 spiro atoms. The maximum Gasteiger partial charge on any atom is 0.419 e. The topological polar surface area (TPSA) is 90.5 Å². The Balaban J connectivity index is 1.51. The molecule has 7 heteroatoms. The summed E-state index contributed by atoms with van der Waals surface area (Å²) < 4.78 is 11.8. The van der Waals surface area contributed by atoms with Crippen LogP contribution in [0.2, 0.25) is 0 Å². The zero-order valence-corrected chi connectivity index (χ0v) is 15.8. The number of benzene rings is 1. The molecule has 7 nitrogen and oxygen atoms in total. The fourth-order valence-corrected chi connectivity index (χ4v) is 3.57. The Morgan fingerprint density at radius 1 is 1.30 bits per heavy atom. The average Bonchev–Trinajstić information content (AvgIpc) is 2.97. The van der Waals surface area contributed by atoms with E-state index in [4.69, 9.17) is 9.15 Å². The number of para-hydroxylation sites is 2. The van der Waals surface area contributed by atoms with Crippen molar-refractivity contribution in [3.8, 4) is 0 Å². The lowest BCUT2D eigenvalue weighted by Crippen LogP contribution is -2.46. The van der Waals surface area contributed by atoms with Gasteiger partial charge in [0.1, 0.15) is 0 Å². The molecule has 1 heterocycles. The van der Waals surface area contributed by atoms with Gasteiger partial charge < -0.3 is 14.5 Å². The number of aromatic nitrogens is 1. The molecule has 1 amide bonds. The third kappa shape index (κ3) is 4.59. The summed E-state index contributed by atoms with van der Waals surface area (Å²) in [6, 6.07) is 7.17. The summed E-state index contributed by atoms with van der Waals surface area (Å²) >= 11 is 0. The van der Waals surface area contributed by atoms with Crippen molar-refractivity contribution < 1.29 is 18.7 Å². The van der Waals surface area contributed by atoms with E-state index in [1.165, 1.54) is 11.0 Å². The van der Waals surface area contributed by atoms with Crippen molar-refractivity contribution in [2.24, 2.45) is 5.92 Å². The van der Waals surface area contributed by atoms with Gasteiger partial charge in [-0.3, -0.25) is 14.2 Å². The normalized spacial score (nSPS) is 21.0. The second-order valence-electron chi connectivity index (χ2n) is 7.25. The fourth-order valence-electron chi connectivity index (χ4n) is 3.57. The summed E-state index contributed by atoms with van der Waals surface area (Å²) in [5.74, 6) is -0.868. The van der Waals surface area contributed by atoms with Gasteiger partial charge in [0.25, 0.3) is 5.91 Å². The van der Waals surface area contributed by atoms with Crippen molar-refractivity contribution in [2.45, 2.75) is 64.6 Å².